The number of carbonyl (C=O) groups excluding carboxylic acids is 4. The van der Waals surface area contributed by atoms with E-state index < -0.39 is 30.3 Å². The summed E-state index contributed by atoms with van der Waals surface area (Å²) in [5, 5.41) is 4.66. The minimum absolute atomic E-state index is 0.112. The number of nitrogens with one attached hydrogen (secondary N) is 1. The van der Waals surface area contributed by atoms with Crippen LogP contribution < -0.4 is 5.32 Å². The molecule has 1 N–H and O–H groups in total. The van der Waals surface area contributed by atoms with Crippen LogP contribution in [0.1, 0.15) is 11.8 Å². The van der Waals surface area contributed by atoms with Gasteiger partial charge < -0.3 is 5.32 Å². The number of rotatable bonds is 8. The van der Waals surface area contributed by atoms with Gasteiger partial charge in [0.25, 0.3) is 0 Å². The number of thiophene rings is 1. The largest absolute Gasteiger partial charge is 0.354 e. The van der Waals surface area contributed by atoms with E-state index in [9.17, 15) is 19.2 Å². The molecule has 1 aliphatic heterocycles. The quantitative estimate of drug-likeness (QED) is 0.425. The van der Waals surface area contributed by atoms with Crippen LogP contribution in [0.15, 0.2) is 17.5 Å². The number of nitrogens with zero attached hydrogens (tertiary/aromatic N) is 2. The van der Waals surface area contributed by atoms with Gasteiger partial charge in [-0.05, 0) is 18.4 Å². The van der Waals surface area contributed by atoms with Crippen molar-refractivity contribution in [3.05, 3.63) is 22.4 Å². The van der Waals surface area contributed by atoms with Crippen molar-refractivity contribution in [3.63, 3.8) is 0 Å². The highest BCUT2D eigenvalue weighted by molar-refractivity contribution is 7.98. The predicted molar refractivity (Wildman–Crippen MR) is 88.0 cm³/mol. The minimum atomic E-state index is -0.945. The first kappa shape index (κ1) is 17.5. The Hall–Kier alpha value is -1.87. The van der Waals surface area contributed by atoms with Crippen molar-refractivity contribution < 1.29 is 19.2 Å². The lowest BCUT2D eigenvalue weighted by Gasteiger charge is -2.13. The van der Waals surface area contributed by atoms with Crippen LogP contribution in [0.3, 0.4) is 0 Å². The zero-order valence-corrected chi connectivity index (χ0v) is 14.2. The zero-order valence-electron chi connectivity index (χ0n) is 12.6. The first-order chi connectivity index (χ1) is 11.0. The van der Waals surface area contributed by atoms with Crippen molar-refractivity contribution in [1.29, 1.82) is 0 Å². The van der Waals surface area contributed by atoms with Crippen molar-refractivity contribution in [2.24, 2.45) is 0 Å². The van der Waals surface area contributed by atoms with Crippen LogP contribution in [-0.4, -0.2) is 58.9 Å². The topological polar surface area (TPSA) is 86.8 Å². The number of carbonyl (C=O) groups is 4. The Balaban J connectivity index is 1.69. The van der Waals surface area contributed by atoms with Crippen molar-refractivity contribution in [3.8, 4) is 0 Å². The van der Waals surface area contributed by atoms with Crippen LogP contribution in [0.25, 0.3) is 0 Å². The lowest BCUT2D eigenvalue weighted by Crippen LogP contribution is -2.42. The molecule has 2 rings (SSSR count). The SMILES string of the molecule is CCN1C(=O)C(=O)N(CC(=O)NCCSCc2cccs2)C1=O. The van der Waals surface area contributed by atoms with Crippen LogP contribution in [0.4, 0.5) is 4.79 Å². The van der Waals surface area contributed by atoms with Gasteiger partial charge in [-0.3, -0.25) is 19.3 Å². The number of urea groups is 1. The Kier molecular flexibility index (Phi) is 6.17. The summed E-state index contributed by atoms with van der Waals surface area (Å²) in [5.74, 6) is -0.660. The summed E-state index contributed by atoms with van der Waals surface area (Å²) in [6.07, 6.45) is 0. The maximum Gasteiger partial charge on any atom is 0.334 e. The number of hydrogen-bond donors (Lipinski definition) is 1. The van der Waals surface area contributed by atoms with Crippen molar-refractivity contribution in [2.75, 3.05) is 25.4 Å². The lowest BCUT2D eigenvalue weighted by molar-refractivity contribution is -0.143. The van der Waals surface area contributed by atoms with Gasteiger partial charge in [0, 0.05) is 29.5 Å². The molecular formula is C14H17N3O4S2. The highest BCUT2D eigenvalue weighted by Crippen LogP contribution is 2.16. The molecule has 5 amide bonds. The van der Waals surface area contributed by atoms with E-state index in [4.69, 9.17) is 0 Å². The molecule has 1 aliphatic rings. The Morgan fingerprint density at radius 1 is 1.26 bits per heavy atom. The average molecular weight is 355 g/mol. The molecule has 0 radical (unpaired) electrons. The monoisotopic (exact) mass is 355 g/mol. The summed E-state index contributed by atoms with van der Waals surface area (Å²) in [5.41, 5.74) is 0. The normalized spacial score (nSPS) is 14.7. The van der Waals surface area contributed by atoms with Crippen LogP contribution >= 0.6 is 23.1 Å². The molecule has 1 fully saturated rings. The van der Waals surface area contributed by atoms with Crippen molar-refractivity contribution in [1.82, 2.24) is 15.1 Å². The molecule has 9 heteroatoms. The van der Waals surface area contributed by atoms with Gasteiger partial charge in [0.05, 0.1) is 0 Å². The van der Waals surface area contributed by atoms with E-state index in [0.29, 0.717) is 11.4 Å². The van der Waals surface area contributed by atoms with Gasteiger partial charge in [0.1, 0.15) is 6.54 Å². The fraction of sp³-hybridized carbons (Fsp3) is 0.429. The van der Waals surface area contributed by atoms with E-state index >= 15 is 0 Å². The third-order valence-corrected chi connectivity index (χ3v) is 5.21. The summed E-state index contributed by atoms with van der Waals surface area (Å²) in [6, 6.07) is 3.31. The molecule has 0 atom stereocenters. The van der Waals surface area contributed by atoms with E-state index in [1.807, 2.05) is 11.4 Å². The molecule has 23 heavy (non-hydrogen) atoms. The van der Waals surface area contributed by atoms with E-state index in [1.54, 1.807) is 30.0 Å². The standard InChI is InChI=1S/C14H17N3O4S2/c1-2-16-12(19)13(20)17(14(16)21)8-11(18)15-5-7-22-9-10-4-3-6-23-10/h3-4,6H,2,5,7-9H2,1H3,(H,15,18). The Labute approximate surface area is 142 Å². The highest BCUT2D eigenvalue weighted by atomic mass is 32.2. The second kappa shape index (κ2) is 8.11. The summed E-state index contributed by atoms with van der Waals surface area (Å²) in [4.78, 5) is 49.6. The molecule has 2 heterocycles. The van der Waals surface area contributed by atoms with Crippen LogP contribution in [0.5, 0.6) is 0 Å². The Morgan fingerprint density at radius 2 is 2.00 bits per heavy atom. The van der Waals surface area contributed by atoms with Crippen molar-refractivity contribution in [2.45, 2.75) is 12.7 Å². The number of thioether (sulfide) groups is 1. The summed E-state index contributed by atoms with van der Waals surface area (Å²) in [6.45, 7) is 1.73. The van der Waals surface area contributed by atoms with E-state index in [1.165, 1.54) is 4.88 Å². The fourth-order valence-corrected chi connectivity index (χ4v) is 3.70. The molecule has 0 spiro atoms. The maximum atomic E-state index is 11.8. The van der Waals surface area contributed by atoms with Gasteiger partial charge in [-0.25, -0.2) is 9.69 Å². The fourth-order valence-electron chi connectivity index (χ4n) is 2.00. The molecule has 0 aromatic carbocycles. The number of imide groups is 2. The smallest absolute Gasteiger partial charge is 0.334 e. The molecule has 0 saturated carbocycles. The summed E-state index contributed by atoms with van der Waals surface area (Å²) < 4.78 is 0. The molecule has 7 nitrogen and oxygen atoms in total. The Bertz CT molecular complexity index is 603. The van der Waals surface area contributed by atoms with Crippen LogP contribution in [0, 0.1) is 0 Å². The first-order valence-electron chi connectivity index (χ1n) is 7.08. The van der Waals surface area contributed by atoms with Crippen LogP contribution in [-0.2, 0) is 20.1 Å². The Morgan fingerprint density at radius 3 is 2.61 bits per heavy atom. The van der Waals surface area contributed by atoms with E-state index in [-0.39, 0.29) is 6.54 Å². The number of amides is 5. The third kappa shape index (κ3) is 4.32. The van der Waals surface area contributed by atoms with Gasteiger partial charge in [-0.15, -0.1) is 11.3 Å². The number of likely N-dealkylation sites (N-methyl/N-ethyl adjacent to an activating group) is 1. The van der Waals surface area contributed by atoms with Gasteiger partial charge in [0.2, 0.25) is 5.91 Å². The summed E-state index contributed by atoms with van der Waals surface area (Å²) >= 11 is 3.37. The van der Waals surface area contributed by atoms with E-state index in [2.05, 4.69) is 11.4 Å². The van der Waals surface area contributed by atoms with Gasteiger partial charge >= 0.3 is 17.8 Å². The van der Waals surface area contributed by atoms with Crippen LogP contribution in [0.2, 0.25) is 0 Å². The molecule has 1 saturated heterocycles. The summed E-state index contributed by atoms with van der Waals surface area (Å²) in [7, 11) is 0. The van der Waals surface area contributed by atoms with Crippen molar-refractivity contribution >= 4 is 46.9 Å². The molecule has 0 unspecified atom stereocenters. The average Bonchev–Trinajstić information content (AvgIpc) is 3.11. The molecule has 1 aromatic rings. The molecule has 0 aliphatic carbocycles. The molecule has 124 valence electrons. The highest BCUT2D eigenvalue weighted by Gasteiger charge is 2.44. The zero-order chi connectivity index (χ0) is 16.8. The van der Waals surface area contributed by atoms with Gasteiger partial charge in [0.15, 0.2) is 0 Å². The molecule has 0 bridgehead atoms. The lowest BCUT2D eigenvalue weighted by atomic mass is 10.4. The van der Waals surface area contributed by atoms with E-state index in [0.717, 1.165) is 16.4 Å². The van der Waals surface area contributed by atoms with Gasteiger partial charge in [-0.1, -0.05) is 6.07 Å². The number of hydrogen-bond acceptors (Lipinski definition) is 6. The predicted octanol–water partition coefficient (Wildman–Crippen LogP) is 0.908. The maximum absolute atomic E-state index is 11.8. The second-order valence-corrected chi connectivity index (χ2v) is 6.84. The third-order valence-electron chi connectivity index (χ3n) is 3.15. The first-order valence-corrected chi connectivity index (χ1v) is 9.12. The molecule has 1 aromatic heterocycles. The molecular weight excluding hydrogens is 338 g/mol. The second-order valence-electron chi connectivity index (χ2n) is 4.71. The van der Waals surface area contributed by atoms with Gasteiger partial charge in [-0.2, -0.15) is 11.8 Å². The minimum Gasteiger partial charge on any atom is -0.354 e.